The molecule has 2 aromatic carbocycles. The molecule has 13 heteroatoms. The Hall–Kier alpha value is -3.32. The lowest BCUT2D eigenvalue weighted by molar-refractivity contribution is -0.123. The average molecular weight is 829 g/mol. The summed E-state index contributed by atoms with van der Waals surface area (Å²) in [4.78, 5) is 29.9. The van der Waals surface area contributed by atoms with Gasteiger partial charge in [-0.1, -0.05) is 50.6 Å². The van der Waals surface area contributed by atoms with E-state index in [1.165, 1.54) is 30.2 Å². The van der Waals surface area contributed by atoms with Crippen molar-refractivity contribution in [2.45, 2.75) is 127 Å². The molecule has 1 N–H and O–H groups in total. The number of fused-ring (bicyclic) bond motifs is 3. The molecule has 2 aliphatic carbocycles. The first-order chi connectivity index (χ1) is 26.0. The lowest BCUT2D eigenvalue weighted by Crippen LogP contribution is -2.52. The van der Waals surface area contributed by atoms with E-state index in [0.29, 0.717) is 36.2 Å². The second kappa shape index (κ2) is 16.5. The highest BCUT2D eigenvalue weighted by Gasteiger charge is 2.47. The van der Waals surface area contributed by atoms with Gasteiger partial charge in [0.25, 0.3) is 15.9 Å². The summed E-state index contributed by atoms with van der Waals surface area (Å²) in [5, 5.41) is 0.752. The van der Waals surface area contributed by atoms with E-state index in [2.05, 4.69) is 68.8 Å². The second-order valence-corrected chi connectivity index (χ2v) is 25.3. The van der Waals surface area contributed by atoms with Crippen molar-refractivity contribution in [3.8, 4) is 5.75 Å². The van der Waals surface area contributed by atoms with E-state index in [9.17, 15) is 18.0 Å². The van der Waals surface area contributed by atoms with E-state index in [4.69, 9.17) is 25.5 Å². The van der Waals surface area contributed by atoms with Crippen molar-refractivity contribution in [3.63, 3.8) is 0 Å². The quantitative estimate of drug-likeness (QED) is 0.167. The van der Waals surface area contributed by atoms with Gasteiger partial charge in [0, 0.05) is 30.1 Å². The van der Waals surface area contributed by atoms with Gasteiger partial charge in [0.1, 0.15) is 17.4 Å². The Morgan fingerprint density at radius 2 is 1.84 bits per heavy atom. The number of carbonyl (C=O) groups is 2. The second-order valence-electron chi connectivity index (χ2n) is 18.4. The van der Waals surface area contributed by atoms with Crippen molar-refractivity contribution in [1.82, 2.24) is 9.62 Å². The zero-order valence-electron chi connectivity index (χ0n) is 34.7. The van der Waals surface area contributed by atoms with Crippen LogP contribution in [0.15, 0.2) is 66.6 Å². The number of aryl methyl sites for hydroxylation is 1. The van der Waals surface area contributed by atoms with Crippen molar-refractivity contribution < 1.29 is 31.9 Å². The SMILES string of the molecule is C=CCN(C(=O)OC(C)(C)C)[C@H](C)C(=O)NS(=O)(=O)c1ccc2c(c1)N(C[C@@H]1CC[C@H]1[C@H](C=C)O[Si](C)(C)C(C)(C)C)C[C@@]1(CCCc3cc(Cl)ccc31)CO2. The van der Waals surface area contributed by atoms with Crippen molar-refractivity contribution in [1.29, 1.82) is 0 Å². The van der Waals surface area contributed by atoms with Gasteiger partial charge in [-0.3, -0.25) is 9.69 Å². The van der Waals surface area contributed by atoms with Gasteiger partial charge in [0.05, 0.1) is 23.3 Å². The van der Waals surface area contributed by atoms with Crippen molar-refractivity contribution >= 4 is 47.6 Å². The lowest BCUT2D eigenvalue weighted by atomic mass is 9.68. The minimum atomic E-state index is -4.38. The number of sulfonamides is 1. The summed E-state index contributed by atoms with van der Waals surface area (Å²) < 4.78 is 49.3. The average Bonchev–Trinajstić information content (AvgIpc) is 3.23. The Balaban J connectivity index is 1.48. The van der Waals surface area contributed by atoms with Crippen molar-refractivity contribution in [2.75, 3.05) is 31.1 Å². The number of amides is 2. The molecule has 308 valence electrons. The molecule has 3 aliphatic rings. The first-order valence-corrected chi connectivity index (χ1v) is 24.6. The van der Waals surface area contributed by atoms with Gasteiger partial charge in [-0.05, 0) is 131 Å². The van der Waals surface area contributed by atoms with Crippen molar-refractivity contribution in [2.24, 2.45) is 11.8 Å². The van der Waals surface area contributed by atoms with Gasteiger partial charge in [-0.25, -0.2) is 17.9 Å². The van der Waals surface area contributed by atoms with E-state index in [1.54, 1.807) is 32.9 Å². The maximum atomic E-state index is 14.0. The fourth-order valence-electron chi connectivity index (χ4n) is 7.89. The van der Waals surface area contributed by atoms with E-state index in [-0.39, 0.29) is 39.8 Å². The van der Waals surface area contributed by atoms with Gasteiger partial charge in [0.2, 0.25) is 0 Å². The van der Waals surface area contributed by atoms with Gasteiger partial charge >= 0.3 is 6.09 Å². The van der Waals surface area contributed by atoms with Crippen LogP contribution in [0, 0.1) is 11.8 Å². The van der Waals surface area contributed by atoms with Crippen LogP contribution in [0.4, 0.5) is 10.5 Å². The summed E-state index contributed by atoms with van der Waals surface area (Å²) in [6.45, 7) is 27.5. The summed E-state index contributed by atoms with van der Waals surface area (Å²) in [5.74, 6) is 0.242. The third-order valence-corrected chi connectivity index (χ3v) is 18.2. The maximum Gasteiger partial charge on any atom is 0.411 e. The molecule has 1 fully saturated rings. The van der Waals surface area contributed by atoms with E-state index in [1.807, 2.05) is 12.1 Å². The number of hydrogen-bond acceptors (Lipinski definition) is 8. The molecule has 0 bridgehead atoms. The van der Waals surface area contributed by atoms with Crippen LogP contribution in [0.5, 0.6) is 5.75 Å². The Morgan fingerprint density at radius 3 is 2.45 bits per heavy atom. The number of anilines is 1. The minimum absolute atomic E-state index is 0.0123. The van der Waals surface area contributed by atoms with Crippen LogP contribution in [0.25, 0.3) is 0 Å². The van der Waals surface area contributed by atoms with Gasteiger partial charge in [-0.2, -0.15) is 0 Å². The number of hydrogen-bond donors (Lipinski definition) is 1. The van der Waals surface area contributed by atoms with Crippen LogP contribution in [-0.2, 0) is 35.8 Å². The summed E-state index contributed by atoms with van der Waals surface area (Å²) >= 11 is 6.48. The third-order valence-electron chi connectivity index (χ3n) is 12.2. The lowest BCUT2D eigenvalue weighted by Gasteiger charge is -2.48. The number of halogens is 1. The monoisotopic (exact) mass is 827 g/mol. The molecule has 10 nitrogen and oxygen atoms in total. The Morgan fingerprint density at radius 1 is 1.12 bits per heavy atom. The Bertz CT molecular complexity index is 1920. The molecule has 0 unspecified atom stereocenters. The van der Waals surface area contributed by atoms with Crippen molar-refractivity contribution in [3.05, 3.63) is 77.9 Å². The van der Waals surface area contributed by atoms with Crippen LogP contribution in [0.1, 0.15) is 85.3 Å². The number of nitrogens with zero attached hydrogens (tertiary/aromatic N) is 2. The Labute approximate surface area is 341 Å². The minimum Gasteiger partial charge on any atom is -0.490 e. The highest BCUT2D eigenvalue weighted by atomic mass is 35.5. The van der Waals surface area contributed by atoms with E-state index >= 15 is 0 Å². The van der Waals surface area contributed by atoms with Gasteiger partial charge in [0.15, 0.2) is 8.32 Å². The summed E-state index contributed by atoms with van der Waals surface area (Å²) in [6.07, 6.45) is 7.42. The topological polar surface area (TPSA) is 114 Å². The summed E-state index contributed by atoms with van der Waals surface area (Å²) in [7, 11) is -6.47. The fourth-order valence-corrected chi connectivity index (χ4v) is 10.5. The van der Waals surface area contributed by atoms with Crippen LogP contribution < -0.4 is 14.4 Å². The van der Waals surface area contributed by atoms with E-state index in [0.717, 1.165) is 37.0 Å². The maximum absolute atomic E-state index is 14.0. The van der Waals surface area contributed by atoms with Crippen LogP contribution in [0.2, 0.25) is 23.2 Å². The molecular weight excluding hydrogens is 766 g/mol. The first-order valence-electron chi connectivity index (χ1n) is 19.8. The largest absolute Gasteiger partial charge is 0.490 e. The zero-order valence-corrected chi connectivity index (χ0v) is 37.3. The van der Waals surface area contributed by atoms with Gasteiger partial charge in [-0.15, -0.1) is 13.2 Å². The number of nitrogens with one attached hydrogen (secondary N) is 1. The molecule has 1 saturated carbocycles. The third kappa shape index (κ3) is 9.51. The molecule has 1 spiro atoms. The molecule has 0 radical (unpaired) electrons. The molecule has 1 heterocycles. The molecule has 56 heavy (non-hydrogen) atoms. The molecule has 5 atom stereocenters. The molecule has 0 aromatic heterocycles. The predicted octanol–water partition coefficient (Wildman–Crippen LogP) is 9.03. The molecule has 1 aliphatic heterocycles. The predicted molar refractivity (Wildman–Crippen MR) is 227 cm³/mol. The zero-order chi connectivity index (χ0) is 41.4. The van der Waals surface area contributed by atoms with Crippen LogP contribution in [0.3, 0.4) is 0 Å². The number of rotatable bonds is 12. The van der Waals surface area contributed by atoms with Crippen LogP contribution in [-0.4, -0.2) is 77.6 Å². The molecule has 2 amide bonds. The van der Waals surface area contributed by atoms with Gasteiger partial charge < -0.3 is 18.8 Å². The number of ether oxygens (including phenoxy) is 2. The van der Waals surface area contributed by atoms with Crippen LogP contribution >= 0.6 is 11.6 Å². The standard InChI is InChI=1S/C43H62ClN3O7SSi/c1-12-23-47(40(49)53-41(4,5)6)29(3)39(48)45-55(50,51)33-18-21-38-36(25-33)46(26-31-16-19-34(31)37(13-2)54-56(10,11)42(7,8)9)27-43(28-52-38)22-14-15-30-24-32(44)17-20-35(30)43/h12-13,17-18,20-21,24-25,29,31,34,37H,1-2,14-16,19,22-23,26-28H2,3-11H3,(H,45,48)/t29-,31+,34-,37+,43+/m1/s1. The highest BCUT2D eigenvalue weighted by molar-refractivity contribution is 7.90. The van der Waals surface area contributed by atoms with E-state index < -0.39 is 42.0 Å². The first kappa shape index (κ1) is 43.8. The highest BCUT2D eigenvalue weighted by Crippen LogP contribution is 2.48. The molecular formula is C43H62ClN3O7SSi. The number of benzene rings is 2. The normalized spacial score (nSPS) is 22.3. The molecule has 0 saturated heterocycles. The Kier molecular flexibility index (Phi) is 12.9. The summed E-state index contributed by atoms with van der Waals surface area (Å²) in [5.41, 5.74) is 1.91. The summed E-state index contributed by atoms with van der Waals surface area (Å²) in [6, 6.07) is 9.72. The fraction of sp³-hybridized carbons (Fsp3) is 0.581. The number of carbonyl (C=O) groups excluding carboxylic acids is 2. The smallest absolute Gasteiger partial charge is 0.411 e. The molecule has 5 rings (SSSR count). The molecule has 2 aromatic rings.